The summed E-state index contributed by atoms with van der Waals surface area (Å²) in [5.74, 6) is -3.31. The first-order valence-corrected chi connectivity index (χ1v) is 7.18. The lowest BCUT2D eigenvalue weighted by Gasteiger charge is -2.48. The van der Waals surface area contributed by atoms with Crippen LogP contribution in [0.3, 0.4) is 0 Å². The molecule has 6 atom stereocenters. The molecule has 0 saturated carbocycles. The lowest BCUT2D eigenvalue weighted by molar-refractivity contribution is -0.247. The van der Waals surface area contributed by atoms with Gasteiger partial charge in [-0.3, -0.25) is 4.79 Å². The standard InChI is InChI=1S/C15H20O6/c1-7-4-5-15(12(17)10(7)16)9-8(2)6-20-13(18)11(9)21-14(15,3)19/h4,8-9,11-12,17,19H,5-6H2,1-3H3/t8-,9+,11+,12+,14-,15+/m1/s1. The molecule has 21 heavy (non-hydrogen) atoms. The van der Waals surface area contributed by atoms with Crippen LogP contribution in [0, 0.1) is 17.3 Å². The number of hydrogen-bond donors (Lipinski definition) is 2. The molecule has 2 fully saturated rings. The first-order valence-electron chi connectivity index (χ1n) is 7.18. The molecule has 6 nitrogen and oxygen atoms in total. The third-order valence-electron chi connectivity index (χ3n) is 5.35. The molecule has 116 valence electrons. The highest BCUT2D eigenvalue weighted by Crippen LogP contribution is 2.59. The fourth-order valence-electron chi connectivity index (χ4n) is 4.16. The van der Waals surface area contributed by atoms with Crippen molar-refractivity contribution in [3.05, 3.63) is 11.6 Å². The number of fused-ring (bicyclic) bond motifs is 2. The van der Waals surface area contributed by atoms with Crippen LogP contribution < -0.4 is 0 Å². The minimum absolute atomic E-state index is 0.115. The number of ether oxygens (including phenoxy) is 2. The highest BCUT2D eigenvalue weighted by molar-refractivity contribution is 6.00. The Morgan fingerprint density at radius 1 is 1.38 bits per heavy atom. The van der Waals surface area contributed by atoms with Gasteiger partial charge in [-0.1, -0.05) is 13.0 Å². The van der Waals surface area contributed by atoms with Gasteiger partial charge < -0.3 is 19.7 Å². The zero-order valence-electron chi connectivity index (χ0n) is 12.3. The summed E-state index contributed by atoms with van der Waals surface area (Å²) in [5.41, 5.74) is -0.744. The van der Waals surface area contributed by atoms with E-state index in [0.29, 0.717) is 5.57 Å². The lowest BCUT2D eigenvalue weighted by Crippen LogP contribution is -2.60. The first kappa shape index (κ1) is 14.7. The van der Waals surface area contributed by atoms with Crippen LogP contribution >= 0.6 is 0 Å². The SMILES string of the molecule is CC1=CC[C@]2([C@H]3[C@H](C)COC(=O)[C@H]3O[C@@]2(C)O)[C@@H](O)C1=O. The van der Waals surface area contributed by atoms with Crippen LogP contribution in [0.2, 0.25) is 0 Å². The van der Waals surface area contributed by atoms with Crippen molar-refractivity contribution in [3.8, 4) is 0 Å². The number of Topliss-reactive ketones (excluding diaryl/α,β-unsaturated/α-hetero) is 1. The van der Waals surface area contributed by atoms with E-state index >= 15 is 0 Å². The number of rotatable bonds is 0. The Bertz CT molecular complexity index is 536. The number of aliphatic hydroxyl groups excluding tert-OH is 1. The Morgan fingerprint density at radius 3 is 2.71 bits per heavy atom. The van der Waals surface area contributed by atoms with E-state index in [1.54, 1.807) is 13.0 Å². The van der Waals surface area contributed by atoms with Crippen LogP contribution in [0.15, 0.2) is 11.6 Å². The number of carbonyl (C=O) groups is 2. The van der Waals surface area contributed by atoms with Crippen molar-refractivity contribution in [1.82, 2.24) is 0 Å². The van der Waals surface area contributed by atoms with E-state index in [0.717, 1.165) is 0 Å². The molecule has 3 aliphatic rings. The molecular formula is C15H20O6. The van der Waals surface area contributed by atoms with E-state index in [1.807, 2.05) is 6.92 Å². The van der Waals surface area contributed by atoms with Crippen LogP contribution in [0.5, 0.6) is 0 Å². The molecule has 6 heteroatoms. The quantitative estimate of drug-likeness (QED) is 0.619. The molecule has 0 aromatic carbocycles. The van der Waals surface area contributed by atoms with Crippen LogP contribution in [0.25, 0.3) is 0 Å². The Labute approximate surface area is 122 Å². The molecule has 2 saturated heterocycles. The molecule has 0 aromatic heterocycles. The fourth-order valence-corrected chi connectivity index (χ4v) is 4.16. The summed E-state index contributed by atoms with van der Waals surface area (Å²) in [7, 11) is 0. The van der Waals surface area contributed by atoms with Crippen LogP contribution in [0.4, 0.5) is 0 Å². The minimum Gasteiger partial charge on any atom is -0.463 e. The summed E-state index contributed by atoms with van der Waals surface area (Å²) in [5, 5.41) is 21.3. The van der Waals surface area contributed by atoms with Gasteiger partial charge in [0, 0.05) is 5.92 Å². The lowest BCUT2D eigenvalue weighted by atomic mass is 9.57. The van der Waals surface area contributed by atoms with Gasteiger partial charge in [0.1, 0.15) is 6.10 Å². The Hall–Kier alpha value is -1.24. The second kappa shape index (κ2) is 4.38. The van der Waals surface area contributed by atoms with Gasteiger partial charge in [-0.15, -0.1) is 0 Å². The predicted octanol–water partition coefficient (Wildman–Crippen LogP) is 0.169. The Morgan fingerprint density at radius 2 is 2.05 bits per heavy atom. The van der Waals surface area contributed by atoms with E-state index in [1.165, 1.54) is 6.92 Å². The van der Waals surface area contributed by atoms with E-state index in [-0.39, 0.29) is 18.9 Å². The average Bonchev–Trinajstić information content (AvgIpc) is 2.66. The highest BCUT2D eigenvalue weighted by Gasteiger charge is 2.71. The molecule has 2 heterocycles. The molecule has 0 amide bonds. The molecule has 1 aliphatic carbocycles. The van der Waals surface area contributed by atoms with Gasteiger partial charge in [0.2, 0.25) is 0 Å². The van der Waals surface area contributed by atoms with Crippen LogP contribution in [-0.4, -0.2) is 46.6 Å². The van der Waals surface area contributed by atoms with Crippen LogP contribution in [-0.2, 0) is 19.1 Å². The Balaban J connectivity index is 2.15. The summed E-state index contributed by atoms with van der Waals surface area (Å²) in [6.45, 7) is 5.12. The van der Waals surface area contributed by atoms with Crippen molar-refractivity contribution in [1.29, 1.82) is 0 Å². The van der Waals surface area contributed by atoms with Crippen LogP contribution in [0.1, 0.15) is 27.2 Å². The molecule has 0 unspecified atom stereocenters. The summed E-state index contributed by atoms with van der Waals surface area (Å²) in [4.78, 5) is 24.2. The Kier molecular flexibility index (Phi) is 3.06. The van der Waals surface area contributed by atoms with Crippen molar-refractivity contribution in [3.63, 3.8) is 0 Å². The van der Waals surface area contributed by atoms with E-state index in [2.05, 4.69) is 0 Å². The maximum Gasteiger partial charge on any atom is 0.335 e. The number of hydrogen-bond acceptors (Lipinski definition) is 6. The van der Waals surface area contributed by atoms with Gasteiger partial charge >= 0.3 is 5.97 Å². The van der Waals surface area contributed by atoms with E-state index < -0.39 is 41.1 Å². The molecule has 0 radical (unpaired) electrons. The smallest absolute Gasteiger partial charge is 0.335 e. The third kappa shape index (κ3) is 1.69. The highest BCUT2D eigenvalue weighted by atomic mass is 16.7. The van der Waals surface area contributed by atoms with Crippen molar-refractivity contribution in [2.24, 2.45) is 17.3 Å². The van der Waals surface area contributed by atoms with Gasteiger partial charge in [-0.2, -0.15) is 0 Å². The molecule has 0 aromatic rings. The maximum atomic E-state index is 12.2. The maximum absolute atomic E-state index is 12.2. The second-order valence-corrected chi connectivity index (χ2v) is 6.55. The molecule has 2 aliphatic heterocycles. The monoisotopic (exact) mass is 296 g/mol. The summed E-state index contributed by atoms with van der Waals surface area (Å²) < 4.78 is 10.6. The number of cyclic esters (lactones) is 1. The van der Waals surface area contributed by atoms with Gasteiger partial charge in [-0.05, 0) is 31.8 Å². The zero-order valence-corrected chi connectivity index (χ0v) is 12.3. The topological polar surface area (TPSA) is 93.1 Å². The summed E-state index contributed by atoms with van der Waals surface area (Å²) in [6.07, 6.45) is -0.335. The van der Waals surface area contributed by atoms with Gasteiger partial charge in [0.15, 0.2) is 17.7 Å². The molecule has 0 bridgehead atoms. The van der Waals surface area contributed by atoms with Gasteiger partial charge in [0.05, 0.1) is 12.0 Å². The summed E-state index contributed by atoms with van der Waals surface area (Å²) >= 11 is 0. The number of esters is 1. The fraction of sp³-hybridized carbons (Fsp3) is 0.733. The average molecular weight is 296 g/mol. The van der Waals surface area contributed by atoms with Gasteiger partial charge in [-0.25, -0.2) is 4.79 Å². The zero-order chi connectivity index (χ0) is 15.6. The molecular weight excluding hydrogens is 276 g/mol. The number of carbonyl (C=O) groups excluding carboxylic acids is 2. The van der Waals surface area contributed by atoms with Crippen molar-refractivity contribution in [2.45, 2.75) is 45.2 Å². The molecule has 2 N–H and O–H groups in total. The number of aliphatic hydroxyl groups is 2. The van der Waals surface area contributed by atoms with E-state index in [4.69, 9.17) is 9.47 Å². The van der Waals surface area contributed by atoms with Crippen molar-refractivity contribution >= 4 is 11.8 Å². The second-order valence-electron chi connectivity index (χ2n) is 6.55. The molecule has 1 spiro atoms. The van der Waals surface area contributed by atoms with E-state index in [9.17, 15) is 19.8 Å². The largest absolute Gasteiger partial charge is 0.463 e. The molecule has 3 rings (SSSR count). The number of ketones is 1. The van der Waals surface area contributed by atoms with Gasteiger partial charge in [0.25, 0.3) is 0 Å². The number of allylic oxidation sites excluding steroid dienone is 1. The van der Waals surface area contributed by atoms with Crippen molar-refractivity contribution < 1.29 is 29.3 Å². The predicted molar refractivity (Wildman–Crippen MR) is 70.9 cm³/mol. The third-order valence-corrected chi connectivity index (χ3v) is 5.35. The first-order chi connectivity index (χ1) is 9.72. The minimum atomic E-state index is -1.77. The summed E-state index contributed by atoms with van der Waals surface area (Å²) in [6, 6.07) is 0. The normalized spacial score (nSPS) is 49.9. The van der Waals surface area contributed by atoms with Crippen molar-refractivity contribution in [2.75, 3.05) is 6.61 Å².